The van der Waals surface area contributed by atoms with Gasteiger partial charge in [-0.15, -0.1) is 0 Å². The average Bonchev–Trinajstić information content (AvgIpc) is 2.33. The van der Waals surface area contributed by atoms with Gasteiger partial charge in [0, 0.05) is 19.0 Å². The summed E-state index contributed by atoms with van der Waals surface area (Å²) in [5.41, 5.74) is 0.581. The lowest BCUT2D eigenvalue weighted by atomic mass is 10.2. The molecule has 0 atom stereocenters. The Morgan fingerprint density at radius 1 is 1.50 bits per heavy atom. The van der Waals surface area contributed by atoms with Crippen molar-refractivity contribution in [2.75, 3.05) is 18.6 Å². The molecule has 1 rings (SSSR count). The normalized spacial score (nSPS) is 10.7. The third-order valence-corrected chi connectivity index (χ3v) is 3.13. The fourth-order valence-electron chi connectivity index (χ4n) is 1.22. The number of aromatic nitrogens is 1. The molecule has 6 nitrogen and oxygen atoms in total. The molecule has 0 aliphatic rings. The molecule has 7 heteroatoms. The molecule has 0 spiro atoms. The van der Waals surface area contributed by atoms with Crippen molar-refractivity contribution in [3.05, 3.63) is 29.6 Å². The smallest absolute Gasteiger partial charge is 0.269 e. The van der Waals surface area contributed by atoms with Gasteiger partial charge in [-0.3, -0.25) is 4.79 Å². The molecule has 0 radical (unpaired) electrons. The van der Waals surface area contributed by atoms with Gasteiger partial charge in [0.25, 0.3) is 5.91 Å². The molecular formula is C11H13N3O3S. The van der Waals surface area contributed by atoms with Crippen LogP contribution >= 0.6 is 0 Å². The molecule has 1 N–H and O–H groups in total. The lowest BCUT2D eigenvalue weighted by molar-refractivity contribution is 0.0948. The number of carbonyl (C=O) groups is 1. The molecule has 0 saturated carbocycles. The highest BCUT2D eigenvalue weighted by atomic mass is 32.2. The van der Waals surface area contributed by atoms with Crippen LogP contribution in [-0.4, -0.2) is 37.9 Å². The summed E-state index contributed by atoms with van der Waals surface area (Å²) in [5, 5.41) is 11.1. The van der Waals surface area contributed by atoms with Crippen LogP contribution in [0.5, 0.6) is 0 Å². The summed E-state index contributed by atoms with van der Waals surface area (Å²) in [6.07, 6.45) is 2.82. The first-order valence-electron chi connectivity index (χ1n) is 5.24. The quantitative estimate of drug-likeness (QED) is 0.764. The summed E-state index contributed by atoms with van der Waals surface area (Å²) in [7, 11) is -3.00. The Morgan fingerprint density at radius 2 is 2.22 bits per heavy atom. The Bertz CT molecular complexity index is 558. The minimum absolute atomic E-state index is 0.0358. The number of pyridine rings is 1. The zero-order chi connectivity index (χ0) is 13.6. The maximum Gasteiger partial charge on any atom is 0.269 e. The van der Waals surface area contributed by atoms with Crippen LogP contribution in [0.1, 0.15) is 22.5 Å². The highest BCUT2D eigenvalue weighted by Crippen LogP contribution is 1.98. The maximum atomic E-state index is 11.6. The van der Waals surface area contributed by atoms with E-state index in [9.17, 15) is 13.2 Å². The van der Waals surface area contributed by atoms with E-state index in [4.69, 9.17) is 5.26 Å². The van der Waals surface area contributed by atoms with Crippen LogP contribution < -0.4 is 5.32 Å². The van der Waals surface area contributed by atoms with Gasteiger partial charge in [-0.2, -0.15) is 5.26 Å². The van der Waals surface area contributed by atoms with E-state index >= 15 is 0 Å². The first-order chi connectivity index (χ1) is 8.42. The summed E-state index contributed by atoms with van der Waals surface area (Å²) >= 11 is 0. The number of hydrogen-bond acceptors (Lipinski definition) is 5. The van der Waals surface area contributed by atoms with Crippen LogP contribution in [0.3, 0.4) is 0 Å². The minimum Gasteiger partial charge on any atom is -0.351 e. The average molecular weight is 267 g/mol. The standard InChI is InChI=1S/C11H13N3O3S/c1-18(16,17)6-2-5-13-11(15)10-4-3-9(7-12)8-14-10/h3-4,8H,2,5-6H2,1H3,(H,13,15). The summed E-state index contributed by atoms with van der Waals surface area (Å²) in [4.78, 5) is 15.4. The first-order valence-corrected chi connectivity index (χ1v) is 7.30. The van der Waals surface area contributed by atoms with Gasteiger partial charge in [-0.1, -0.05) is 0 Å². The predicted molar refractivity (Wildman–Crippen MR) is 65.6 cm³/mol. The van der Waals surface area contributed by atoms with Crippen LogP contribution in [-0.2, 0) is 9.84 Å². The predicted octanol–water partition coefficient (Wildman–Crippen LogP) is 0.118. The zero-order valence-corrected chi connectivity index (χ0v) is 10.7. The van der Waals surface area contributed by atoms with E-state index < -0.39 is 9.84 Å². The Labute approximate surface area is 106 Å². The van der Waals surface area contributed by atoms with E-state index in [2.05, 4.69) is 10.3 Å². The molecule has 1 aromatic heterocycles. The Hall–Kier alpha value is -1.94. The fraction of sp³-hybridized carbons (Fsp3) is 0.364. The van der Waals surface area contributed by atoms with Crippen LogP contribution in [0.4, 0.5) is 0 Å². The number of nitrogens with one attached hydrogen (secondary N) is 1. The molecule has 0 unspecified atom stereocenters. The maximum absolute atomic E-state index is 11.6. The van der Waals surface area contributed by atoms with Crippen LogP contribution in [0, 0.1) is 11.3 Å². The van der Waals surface area contributed by atoms with Crippen LogP contribution in [0.15, 0.2) is 18.3 Å². The SMILES string of the molecule is CS(=O)(=O)CCCNC(=O)c1ccc(C#N)cn1. The summed E-state index contributed by atoms with van der Waals surface area (Å²) in [6.45, 7) is 0.271. The van der Waals surface area contributed by atoms with Crippen molar-refractivity contribution >= 4 is 15.7 Å². The Morgan fingerprint density at radius 3 is 2.72 bits per heavy atom. The molecule has 0 aliphatic carbocycles. The third-order valence-electron chi connectivity index (χ3n) is 2.10. The molecule has 18 heavy (non-hydrogen) atoms. The number of nitrogens with zero attached hydrogens (tertiary/aromatic N) is 2. The van der Waals surface area contributed by atoms with Crippen molar-refractivity contribution < 1.29 is 13.2 Å². The van der Waals surface area contributed by atoms with E-state index in [1.54, 1.807) is 0 Å². The summed E-state index contributed by atoms with van der Waals surface area (Å²) in [6, 6.07) is 4.85. The van der Waals surface area contributed by atoms with E-state index in [1.807, 2.05) is 6.07 Å². The van der Waals surface area contributed by atoms with Crippen molar-refractivity contribution in [3.8, 4) is 6.07 Å². The van der Waals surface area contributed by atoms with Gasteiger partial charge in [0.1, 0.15) is 21.6 Å². The molecule has 0 aliphatic heterocycles. The van der Waals surface area contributed by atoms with Gasteiger partial charge in [0.2, 0.25) is 0 Å². The van der Waals surface area contributed by atoms with E-state index in [-0.39, 0.29) is 23.9 Å². The Balaban J connectivity index is 2.43. The molecule has 0 bridgehead atoms. The second kappa shape index (κ2) is 6.12. The minimum atomic E-state index is -3.00. The molecule has 1 amide bonds. The van der Waals surface area contributed by atoms with Gasteiger partial charge >= 0.3 is 0 Å². The molecule has 0 saturated heterocycles. The van der Waals surface area contributed by atoms with Gasteiger partial charge < -0.3 is 5.32 Å². The Kier molecular flexibility index (Phi) is 4.80. The van der Waals surface area contributed by atoms with Crippen LogP contribution in [0.25, 0.3) is 0 Å². The van der Waals surface area contributed by atoms with Crippen molar-refractivity contribution in [2.24, 2.45) is 0 Å². The van der Waals surface area contributed by atoms with Crippen molar-refractivity contribution in [1.29, 1.82) is 5.26 Å². The van der Waals surface area contributed by atoms with Crippen molar-refractivity contribution in [2.45, 2.75) is 6.42 Å². The number of hydrogen-bond donors (Lipinski definition) is 1. The van der Waals surface area contributed by atoms with Gasteiger partial charge in [-0.05, 0) is 18.6 Å². The monoisotopic (exact) mass is 267 g/mol. The fourth-order valence-corrected chi connectivity index (χ4v) is 1.89. The van der Waals surface area contributed by atoms with Gasteiger partial charge in [0.05, 0.1) is 11.3 Å². The largest absolute Gasteiger partial charge is 0.351 e. The lowest BCUT2D eigenvalue weighted by Crippen LogP contribution is -2.26. The molecule has 1 heterocycles. The number of carbonyl (C=O) groups excluding carboxylic acids is 1. The van der Waals surface area contributed by atoms with Crippen molar-refractivity contribution in [1.82, 2.24) is 10.3 Å². The van der Waals surface area contributed by atoms with E-state index in [0.717, 1.165) is 6.26 Å². The van der Waals surface area contributed by atoms with Crippen molar-refractivity contribution in [3.63, 3.8) is 0 Å². The molecule has 0 fully saturated rings. The molecular weight excluding hydrogens is 254 g/mol. The molecule has 96 valence electrons. The molecule has 0 aromatic carbocycles. The zero-order valence-electron chi connectivity index (χ0n) is 9.88. The number of nitriles is 1. The number of rotatable bonds is 5. The molecule has 1 aromatic rings. The second-order valence-electron chi connectivity index (χ2n) is 3.78. The van der Waals surface area contributed by atoms with Crippen LogP contribution in [0.2, 0.25) is 0 Å². The topological polar surface area (TPSA) is 99.9 Å². The van der Waals surface area contributed by atoms with E-state index in [1.165, 1.54) is 18.3 Å². The van der Waals surface area contributed by atoms with Gasteiger partial charge in [-0.25, -0.2) is 13.4 Å². The lowest BCUT2D eigenvalue weighted by Gasteiger charge is -2.03. The summed E-state index contributed by atoms with van der Waals surface area (Å²) < 4.78 is 21.7. The third kappa shape index (κ3) is 4.93. The summed E-state index contributed by atoms with van der Waals surface area (Å²) in [5.74, 6) is -0.346. The highest BCUT2D eigenvalue weighted by Gasteiger charge is 2.07. The highest BCUT2D eigenvalue weighted by molar-refractivity contribution is 7.90. The number of sulfone groups is 1. The first kappa shape index (κ1) is 14.1. The van der Waals surface area contributed by atoms with E-state index in [0.29, 0.717) is 12.0 Å². The second-order valence-corrected chi connectivity index (χ2v) is 6.04. The number of amides is 1. The van der Waals surface area contributed by atoms with Gasteiger partial charge in [0.15, 0.2) is 0 Å².